The minimum atomic E-state index is -4.47. The molecule has 194 valence electrons. The van der Waals surface area contributed by atoms with Crippen LogP contribution in [0, 0.1) is 6.92 Å². The van der Waals surface area contributed by atoms with Gasteiger partial charge in [0.2, 0.25) is 0 Å². The molecule has 1 amide bonds. The van der Waals surface area contributed by atoms with Crippen LogP contribution < -0.4 is 5.73 Å². The Bertz CT molecular complexity index is 1280. The minimum Gasteiger partial charge on any atom is -0.384 e. The van der Waals surface area contributed by atoms with Gasteiger partial charge in [0, 0.05) is 36.5 Å². The van der Waals surface area contributed by atoms with Crippen LogP contribution in [0.5, 0.6) is 0 Å². The van der Waals surface area contributed by atoms with Gasteiger partial charge in [-0.15, -0.1) is 0 Å². The van der Waals surface area contributed by atoms with Crippen molar-refractivity contribution in [3.8, 4) is 22.4 Å². The number of rotatable bonds is 4. The number of alkyl halides is 3. The number of hydrogen-bond acceptors (Lipinski definition) is 5. The Morgan fingerprint density at radius 2 is 1.73 bits per heavy atom. The van der Waals surface area contributed by atoms with Crippen LogP contribution in [0.15, 0.2) is 48.7 Å². The molecule has 2 aliphatic rings. The summed E-state index contributed by atoms with van der Waals surface area (Å²) in [5.74, 6) is 0.159. The molecule has 0 bridgehead atoms. The molecular weight excluding hydrogens is 479 g/mol. The second-order valence-electron chi connectivity index (χ2n) is 9.87. The van der Waals surface area contributed by atoms with E-state index in [1.165, 1.54) is 25.1 Å². The highest BCUT2D eigenvalue weighted by Gasteiger charge is 2.32. The lowest BCUT2D eigenvalue weighted by Crippen LogP contribution is -2.46. The van der Waals surface area contributed by atoms with Crippen LogP contribution in [0.4, 0.5) is 19.0 Å². The number of likely N-dealkylation sites (tertiary alicyclic amines) is 2. The van der Waals surface area contributed by atoms with Crippen LogP contribution in [0.25, 0.3) is 22.4 Å². The van der Waals surface area contributed by atoms with Gasteiger partial charge in [0.15, 0.2) is 0 Å². The van der Waals surface area contributed by atoms with Crippen LogP contribution in [-0.2, 0) is 6.18 Å². The van der Waals surface area contributed by atoms with Crippen LogP contribution >= 0.6 is 0 Å². The SMILES string of the molecule is Cc1cc(-c2cccc(C(F)(F)F)c2)c(-c2ccc(N)nc2)nc1C(=O)N1CCC(N2CCCC2)CC1. The highest BCUT2D eigenvalue weighted by molar-refractivity contribution is 5.96. The van der Waals surface area contributed by atoms with Crippen molar-refractivity contribution in [2.45, 2.75) is 44.8 Å². The van der Waals surface area contributed by atoms with Gasteiger partial charge in [0.1, 0.15) is 11.5 Å². The molecule has 0 spiro atoms. The molecule has 0 radical (unpaired) electrons. The lowest BCUT2D eigenvalue weighted by molar-refractivity contribution is -0.137. The second-order valence-corrected chi connectivity index (χ2v) is 9.87. The zero-order valence-corrected chi connectivity index (χ0v) is 20.8. The highest BCUT2D eigenvalue weighted by atomic mass is 19.4. The van der Waals surface area contributed by atoms with Crippen molar-refractivity contribution < 1.29 is 18.0 Å². The van der Waals surface area contributed by atoms with E-state index in [-0.39, 0.29) is 5.91 Å². The first-order valence-electron chi connectivity index (χ1n) is 12.7. The molecule has 2 fully saturated rings. The quantitative estimate of drug-likeness (QED) is 0.508. The molecule has 2 N–H and O–H groups in total. The van der Waals surface area contributed by atoms with Crippen molar-refractivity contribution in [2.75, 3.05) is 31.9 Å². The fourth-order valence-electron chi connectivity index (χ4n) is 5.37. The lowest BCUT2D eigenvalue weighted by Gasteiger charge is -2.36. The molecular formula is C28H30F3N5O. The summed E-state index contributed by atoms with van der Waals surface area (Å²) in [6, 6.07) is 10.7. The number of anilines is 1. The zero-order valence-electron chi connectivity index (χ0n) is 20.8. The molecule has 2 aromatic heterocycles. The summed E-state index contributed by atoms with van der Waals surface area (Å²) in [6.07, 6.45) is 1.40. The maximum absolute atomic E-state index is 13.6. The molecule has 2 saturated heterocycles. The van der Waals surface area contributed by atoms with E-state index in [0.717, 1.165) is 38.1 Å². The molecule has 5 rings (SSSR count). The van der Waals surface area contributed by atoms with E-state index >= 15 is 0 Å². The minimum absolute atomic E-state index is 0.155. The number of amides is 1. The number of piperidine rings is 1. The van der Waals surface area contributed by atoms with Gasteiger partial charge in [0.05, 0.1) is 11.3 Å². The van der Waals surface area contributed by atoms with E-state index in [0.29, 0.717) is 58.6 Å². The third-order valence-electron chi connectivity index (χ3n) is 7.39. The number of nitrogens with zero attached hydrogens (tertiary/aromatic N) is 4. The summed E-state index contributed by atoms with van der Waals surface area (Å²) in [7, 11) is 0. The van der Waals surface area contributed by atoms with Gasteiger partial charge in [-0.1, -0.05) is 12.1 Å². The van der Waals surface area contributed by atoms with E-state index in [2.05, 4.69) is 9.88 Å². The highest BCUT2D eigenvalue weighted by Crippen LogP contribution is 2.36. The van der Waals surface area contributed by atoms with E-state index < -0.39 is 11.7 Å². The third kappa shape index (κ3) is 5.32. The van der Waals surface area contributed by atoms with Gasteiger partial charge in [0.25, 0.3) is 5.91 Å². The number of aromatic nitrogens is 2. The fraction of sp³-hybridized carbons (Fsp3) is 0.393. The molecule has 4 heterocycles. The normalized spacial score (nSPS) is 17.4. The Morgan fingerprint density at radius 3 is 2.38 bits per heavy atom. The Morgan fingerprint density at radius 1 is 1.00 bits per heavy atom. The summed E-state index contributed by atoms with van der Waals surface area (Å²) in [5, 5.41) is 0. The number of nitrogens with two attached hydrogens (primary N) is 1. The number of pyridine rings is 2. The smallest absolute Gasteiger partial charge is 0.384 e. The molecule has 37 heavy (non-hydrogen) atoms. The molecule has 0 saturated carbocycles. The van der Waals surface area contributed by atoms with Gasteiger partial charge >= 0.3 is 6.18 Å². The van der Waals surface area contributed by atoms with Crippen molar-refractivity contribution in [3.05, 3.63) is 65.5 Å². The van der Waals surface area contributed by atoms with Gasteiger partial charge in [-0.05, 0) is 87.2 Å². The van der Waals surface area contributed by atoms with Crippen molar-refractivity contribution in [1.29, 1.82) is 0 Å². The van der Waals surface area contributed by atoms with E-state index in [4.69, 9.17) is 10.7 Å². The fourth-order valence-corrected chi connectivity index (χ4v) is 5.37. The Hall–Kier alpha value is -3.46. The van der Waals surface area contributed by atoms with E-state index in [1.807, 2.05) is 4.90 Å². The van der Waals surface area contributed by atoms with Gasteiger partial charge in [-0.3, -0.25) is 4.79 Å². The summed E-state index contributed by atoms with van der Waals surface area (Å²) in [5.41, 5.74) is 7.77. The maximum Gasteiger partial charge on any atom is 0.416 e. The van der Waals surface area contributed by atoms with Crippen molar-refractivity contribution in [2.24, 2.45) is 0 Å². The third-order valence-corrected chi connectivity index (χ3v) is 7.39. The Kier molecular flexibility index (Phi) is 6.90. The summed E-state index contributed by atoms with van der Waals surface area (Å²) >= 11 is 0. The number of hydrogen-bond donors (Lipinski definition) is 1. The summed E-state index contributed by atoms with van der Waals surface area (Å²) in [6.45, 7) is 5.37. The van der Waals surface area contributed by atoms with Crippen molar-refractivity contribution in [3.63, 3.8) is 0 Å². The van der Waals surface area contributed by atoms with Crippen LogP contribution in [0.2, 0.25) is 0 Å². The molecule has 6 nitrogen and oxygen atoms in total. The Balaban J connectivity index is 1.50. The topological polar surface area (TPSA) is 75.3 Å². The molecule has 9 heteroatoms. The van der Waals surface area contributed by atoms with Crippen molar-refractivity contribution in [1.82, 2.24) is 19.8 Å². The van der Waals surface area contributed by atoms with Crippen LogP contribution in [0.1, 0.15) is 47.3 Å². The predicted octanol–water partition coefficient (Wildman–Crippen LogP) is 5.42. The van der Waals surface area contributed by atoms with Gasteiger partial charge in [-0.25, -0.2) is 9.97 Å². The lowest BCUT2D eigenvalue weighted by atomic mass is 9.95. The largest absolute Gasteiger partial charge is 0.416 e. The number of carbonyl (C=O) groups is 1. The van der Waals surface area contributed by atoms with Crippen LogP contribution in [0.3, 0.4) is 0 Å². The zero-order chi connectivity index (χ0) is 26.2. The number of carbonyl (C=O) groups excluding carboxylic acids is 1. The molecule has 0 aliphatic carbocycles. The molecule has 3 aromatic rings. The predicted molar refractivity (Wildman–Crippen MR) is 137 cm³/mol. The molecule has 0 unspecified atom stereocenters. The first-order chi connectivity index (χ1) is 17.7. The van der Waals surface area contributed by atoms with Crippen molar-refractivity contribution >= 4 is 11.7 Å². The number of aryl methyl sites for hydroxylation is 1. The number of halogens is 3. The average molecular weight is 510 g/mol. The standard InChI is InChI=1S/C28H30F3N5O/c1-18-15-23(19-5-4-6-21(16-19)28(29,30)31)26(20-7-8-24(32)33-17-20)34-25(18)27(37)36-13-9-22(10-14-36)35-11-2-3-12-35/h4-8,15-17,22H,2-3,9-14H2,1H3,(H2,32,33). The molecule has 0 atom stereocenters. The molecule has 2 aliphatic heterocycles. The molecule has 1 aromatic carbocycles. The van der Waals surface area contributed by atoms with Gasteiger partial charge in [-0.2, -0.15) is 13.2 Å². The monoisotopic (exact) mass is 509 g/mol. The van der Waals surface area contributed by atoms with E-state index in [9.17, 15) is 18.0 Å². The summed E-state index contributed by atoms with van der Waals surface area (Å²) in [4.78, 5) is 26.8. The van der Waals surface area contributed by atoms with E-state index in [1.54, 1.807) is 31.2 Å². The average Bonchev–Trinajstić information content (AvgIpc) is 3.44. The number of benzene rings is 1. The van der Waals surface area contributed by atoms with Gasteiger partial charge < -0.3 is 15.5 Å². The number of nitrogen functional groups attached to an aromatic ring is 1. The Labute approximate surface area is 214 Å². The van der Waals surface area contributed by atoms with Crippen LogP contribution in [-0.4, -0.2) is 57.9 Å². The maximum atomic E-state index is 13.6. The summed E-state index contributed by atoms with van der Waals surface area (Å²) < 4.78 is 40.3. The first kappa shape index (κ1) is 25.2. The second kappa shape index (κ2) is 10.1. The first-order valence-corrected chi connectivity index (χ1v) is 12.7.